The van der Waals surface area contributed by atoms with Crippen molar-refractivity contribution in [1.29, 1.82) is 5.26 Å². The fraction of sp³-hybridized carbons (Fsp3) is 0.312. The smallest absolute Gasteiger partial charge is 0.276 e. The molecule has 2 aliphatic heterocycles. The first-order valence-electron chi connectivity index (χ1n) is 14.4. The summed E-state index contributed by atoms with van der Waals surface area (Å²) in [6, 6.07) is 2.53. The predicted molar refractivity (Wildman–Crippen MR) is 169 cm³/mol. The number of hydrogen-bond donors (Lipinski definition) is 2. The Morgan fingerprint density at radius 1 is 1.22 bits per heavy atom. The Morgan fingerprint density at radius 2 is 1.89 bits per heavy atom. The number of nitriles is 1. The number of hydrogen-bond acceptors (Lipinski definition) is 7. The van der Waals surface area contributed by atoms with Gasteiger partial charge in [-0.1, -0.05) is 32.0 Å². The standard InChI is InChI=1S/C32H30ClF4N7O2/c1-6-20(45)43-10-9-42(13-16(43)5)30-17-11-19(33)28(21-22(34)23(35)24(36)25(37)26(21)39)41-31(17)44(32(46)18(30)12-38)29-15(4)7-8-40-27(29)14(2)3/h6-8,11,14,16,27,40H,1,9-10,13,39H2,2-5H3/t16-,27?/m1/s1. The van der Waals surface area contributed by atoms with Gasteiger partial charge in [-0.05, 0) is 49.8 Å². The van der Waals surface area contributed by atoms with Crippen molar-refractivity contribution in [3.05, 3.63) is 80.8 Å². The van der Waals surface area contributed by atoms with Crippen molar-refractivity contribution in [3.63, 3.8) is 0 Å². The van der Waals surface area contributed by atoms with E-state index in [1.807, 2.05) is 19.9 Å². The number of benzene rings is 1. The Kier molecular flexibility index (Phi) is 8.61. The fourth-order valence-electron chi connectivity index (χ4n) is 6.09. The van der Waals surface area contributed by atoms with Gasteiger partial charge < -0.3 is 20.9 Å². The molecule has 14 heteroatoms. The van der Waals surface area contributed by atoms with Crippen molar-refractivity contribution in [2.75, 3.05) is 30.3 Å². The van der Waals surface area contributed by atoms with Gasteiger partial charge in [0.15, 0.2) is 23.3 Å². The van der Waals surface area contributed by atoms with Gasteiger partial charge in [-0.15, -0.1) is 0 Å². The number of nitrogens with two attached hydrogens (primary N) is 1. The summed E-state index contributed by atoms with van der Waals surface area (Å²) < 4.78 is 59.6. The van der Waals surface area contributed by atoms with Crippen LogP contribution in [0.25, 0.3) is 28.0 Å². The van der Waals surface area contributed by atoms with Gasteiger partial charge in [-0.25, -0.2) is 22.5 Å². The lowest BCUT2D eigenvalue weighted by atomic mass is 9.94. The van der Waals surface area contributed by atoms with Gasteiger partial charge in [0, 0.05) is 31.1 Å². The number of pyridine rings is 2. The van der Waals surface area contributed by atoms with E-state index in [0.29, 0.717) is 11.3 Å². The summed E-state index contributed by atoms with van der Waals surface area (Å²) in [6.07, 6.45) is 4.65. The van der Waals surface area contributed by atoms with Crippen molar-refractivity contribution >= 4 is 45.6 Å². The molecular formula is C32H30ClF4N7O2. The van der Waals surface area contributed by atoms with Crippen LogP contribution in [-0.2, 0) is 4.79 Å². The quantitative estimate of drug-likeness (QED) is 0.125. The molecule has 1 fully saturated rings. The van der Waals surface area contributed by atoms with Gasteiger partial charge in [-0.2, -0.15) is 5.26 Å². The maximum atomic E-state index is 15.2. The van der Waals surface area contributed by atoms with Crippen LogP contribution in [0.2, 0.25) is 5.02 Å². The van der Waals surface area contributed by atoms with E-state index in [1.54, 1.807) is 35.9 Å². The molecule has 0 spiro atoms. The minimum Gasteiger partial charge on any atom is -0.396 e. The molecule has 2 aliphatic rings. The van der Waals surface area contributed by atoms with Crippen LogP contribution < -0.4 is 21.5 Å². The number of allylic oxidation sites excluding steroid dienone is 2. The molecule has 5 rings (SSSR count). The number of anilines is 2. The average molecular weight is 656 g/mol. The van der Waals surface area contributed by atoms with E-state index in [4.69, 9.17) is 17.3 Å². The number of nitrogen functional groups attached to an aromatic ring is 1. The van der Waals surface area contributed by atoms with Crippen LogP contribution in [0.3, 0.4) is 0 Å². The van der Waals surface area contributed by atoms with Crippen LogP contribution in [0.1, 0.15) is 33.3 Å². The lowest BCUT2D eigenvalue weighted by molar-refractivity contribution is -0.128. The van der Waals surface area contributed by atoms with Crippen LogP contribution in [0.5, 0.6) is 0 Å². The van der Waals surface area contributed by atoms with Crippen molar-refractivity contribution in [2.24, 2.45) is 5.92 Å². The largest absolute Gasteiger partial charge is 0.396 e. The summed E-state index contributed by atoms with van der Waals surface area (Å²) in [4.78, 5) is 34.7. The molecule has 1 saturated heterocycles. The molecule has 1 amide bonds. The third kappa shape index (κ3) is 5.06. The molecule has 1 unspecified atom stereocenters. The summed E-state index contributed by atoms with van der Waals surface area (Å²) >= 11 is 6.62. The minimum absolute atomic E-state index is 0.0847. The molecule has 2 atom stereocenters. The second kappa shape index (κ2) is 12.2. The van der Waals surface area contributed by atoms with Gasteiger partial charge in [0.25, 0.3) is 5.56 Å². The summed E-state index contributed by atoms with van der Waals surface area (Å²) in [7, 11) is 0. The van der Waals surface area contributed by atoms with Crippen molar-refractivity contribution in [2.45, 2.75) is 39.8 Å². The average Bonchev–Trinajstić information content (AvgIpc) is 3.02. The lowest BCUT2D eigenvalue weighted by Crippen LogP contribution is -2.54. The molecule has 9 nitrogen and oxygen atoms in total. The highest BCUT2D eigenvalue weighted by atomic mass is 35.5. The Hall–Kier alpha value is -4.83. The second-order valence-corrected chi connectivity index (χ2v) is 11.9. The molecule has 3 N–H and O–H groups in total. The Labute approximate surface area is 266 Å². The number of dihydropyridines is 1. The first-order chi connectivity index (χ1) is 21.7. The van der Waals surface area contributed by atoms with E-state index >= 15 is 4.39 Å². The molecule has 1 aromatic carbocycles. The van der Waals surface area contributed by atoms with Gasteiger partial charge in [-0.3, -0.25) is 14.2 Å². The summed E-state index contributed by atoms with van der Waals surface area (Å²) in [5.74, 6) is -8.22. The number of nitrogens with one attached hydrogen (secondary N) is 1. The third-order valence-corrected chi connectivity index (χ3v) is 8.63. The highest BCUT2D eigenvalue weighted by Crippen LogP contribution is 2.41. The van der Waals surface area contributed by atoms with Crippen molar-refractivity contribution in [1.82, 2.24) is 19.8 Å². The highest BCUT2D eigenvalue weighted by molar-refractivity contribution is 6.34. The van der Waals surface area contributed by atoms with E-state index in [2.05, 4.69) is 16.9 Å². The number of fused-ring (bicyclic) bond motifs is 1. The molecule has 0 aliphatic carbocycles. The molecule has 3 aromatic rings. The Morgan fingerprint density at radius 3 is 2.50 bits per heavy atom. The third-order valence-electron chi connectivity index (χ3n) is 8.35. The van der Waals surface area contributed by atoms with E-state index < -0.39 is 51.8 Å². The molecule has 0 bridgehead atoms. The topological polar surface area (TPSA) is 120 Å². The van der Waals surface area contributed by atoms with E-state index in [0.717, 1.165) is 0 Å². The van der Waals surface area contributed by atoms with Gasteiger partial charge in [0.1, 0.15) is 17.3 Å². The summed E-state index contributed by atoms with van der Waals surface area (Å²) in [6.45, 7) is 11.6. The normalized spacial score (nSPS) is 18.3. The number of piperazine rings is 1. The van der Waals surface area contributed by atoms with Crippen molar-refractivity contribution < 1.29 is 22.4 Å². The number of amides is 1. The fourth-order valence-corrected chi connectivity index (χ4v) is 6.34. The van der Waals surface area contributed by atoms with E-state index in [-0.39, 0.29) is 64.8 Å². The maximum Gasteiger partial charge on any atom is 0.276 e. The van der Waals surface area contributed by atoms with Crippen LogP contribution in [0.15, 0.2) is 41.4 Å². The molecular weight excluding hydrogens is 626 g/mol. The molecule has 240 valence electrons. The SMILES string of the molecule is C=CC(=O)N1CCN(c2c(C#N)c(=O)n(C3=C(C)C=CNC3C(C)C)c3nc(-c4c(N)c(F)c(F)c(F)c4F)c(Cl)cc23)C[C@H]1C. The number of aromatic nitrogens is 2. The Balaban J connectivity index is 1.91. The zero-order valence-electron chi connectivity index (χ0n) is 25.4. The number of halogens is 5. The Bertz CT molecular complexity index is 1950. The zero-order chi connectivity index (χ0) is 33.8. The van der Waals surface area contributed by atoms with Crippen LogP contribution in [0, 0.1) is 40.5 Å². The van der Waals surface area contributed by atoms with Gasteiger partial charge in [0.05, 0.1) is 39.4 Å². The number of nitrogens with zero attached hydrogens (tertiary/aromatic N) is 5. The van der Waals surface area contributed by atoms with Gasteiger partial charge in [0.2, 0.25) is 5.91 Å². The summed E-state index contributed by atoms with van der Waals surface area (Å²) in [5.41, 5.74) is 3.33. The minimum atomic E-state index is -2.11. The lowest BCUT2D eigenvalue weighted by Gasteiger charge is -2.41. The van der Waals surface area contributed by atoms with Crippen molar-refractivity contribution in [3.8, 4) is 17.3 Å². The monoisotopic (exact) mass is 655 g/mol. The van der Waals surface area contributed by atoms with Crippen LogP contribution in [-0.4, -0.2) is 52.1 Å². The first-order valence-corrected chi connectivity index (χ1v) is 14.8. The van der Waals surface area contributed by atoms with Gasteiger partial charge >= 0.3 is 0 Å². The molecule has 0 saturated carbocycles. The van der Waals surface area contributed by atoms with E-state index in [1.165, 1.54) is 16.7 Å². The van der Waals surface area contributed by atoms with Crippen LogP contribution >= 0.6 is 11.6 Å². The molecule has 0 radical (unpaired) electrons. The second-order valence-electron chi connectivity index (χ2n) is 11.5. The number of rotatable bonds is 5. The molecule has 4 heterocycles. The molecule has 46 heavy (non-hydrogen) atoms. The number of carbonyl (C=O) groups excluding carboxylic acids is 1. The zero-order valence-corrected chi connectivity index (χ0v) is 26.1. The first kappa shape index (κ1) is 32.6. The number of carbonyl (C=O) groups is 1. The highest BCUT2D eigenvalue weighted by Gasteiger charge is 2.34. The van der Waals surface area contributed by atoms with Crippen LogP contribution in [0.4, 0.5) is 28.9 Å². The summed E-state index contributed by atoms with van der Waals surface area (Å²) in [5, 5.41) is 13.5. The molecule has 2 aromatic heterocycles. The maximum absolute atomic E-state index is 15.2. The predicted octanol–water partition coefficient (Wildman–Crippen LogP) is 5.32. The van der Waals surface area contributed by atoms with E-state index in [9.17, 15) is 28.0 Å².